The molecule has 1 fully saturated rings. The fourth-order valence-corrected chi connectivity index (χ4v) is 5.63. The first-order chi connectivity index (χ1) is 8.74. The third-order valence-corrected chi connectivity index (χ3v) is 7.26. The minimum atomic E-state index is 0.469. The number of rotatable bonds is 5. The molecule has 2 rings (SSSR count). The molecule has 1 aromatic rings. The summed E-state index contributed by atoms with van der Waals surface area (Å²) in [4.78, 5) is 0.915. The van der Waals surface area contributed by atoms with Crippen LogP contribution in [-0.4, -0.2) is 28.2 Å². The van der Waals surface area contributed by atoms with Gasteiger partial charge < -0.3 is 0 Å². The molecule has 2 nitrogen and oxygen atoms in total. The third kappa shape index (κ3) is 3.28. The predicted molar refractivity (Wildman–Crippen MR) is 75.3 cm³/mol. The van der Waals surface area contributed by atoms with Crippen LogP contribution in [0.2, 0.25) is 10.1 Å². The van der Waals surface area contributed by atoms with E-state index >= 15 is 0 Å². The number of hydrogen-bond donors (Lipinski definition) is 0. The SMILES string of the molecule is CC[C@H]1[Se]C[C@@H](OCc2ccc(OC)cc2)[C@@H]1C. The monoisotopic (exact) mass is 314 g/mol. The molecule has 1 saturated heterocycles. The molecule has 0 saturated carbocycles. The first-order valence-corrected chi connectivity index (χ1v) is 8.80. The molecule has 3 atom stereocenters. The second kappa shape index (κ2) is 6.60. The van der Waals surface area contributed by atoms with Crippen molar-refractivity contribution in [1.29, 1.82) is 0 Å². The molecule has 18 heavy (non-hydrogen) atoms. The summed E-state index contributed by atoms with van der Waals surface area (Å²) in [5, 5.41) is 1.28. The van der Waals surface area contributed by atoms with E-state index in [4.69, 9.17) is 9.47 Å². The molecule has 0 spiro atoms. The van der Waals surface area contributed by atoms with Gasteiger partial charge in [-0.15, -0.1) is 0 Å². The van der Waals surface area contributed by atoms with E-state index in [1.807, 2.05) is 12.1 Å². The van der Waals surface area contributed by atoms with Crippen LogP contribution in [-0.2, 0) is 11.3 Å². The van der Waals surface area contributed by atoms with Gasteiger partial charge in [0, 0.05) is 0 Å². The van der Waals surface area contributed by atoms with E-state index in [9.17, 15) is 0 Å². The van der Waals surface area contributed by atoms with Crippen LogP contribution in [0.15, 0.2) is 24.3 Å². The van der Waals surface area contributed by atoms with Crippen LogP contribution in [0, 0.1) is 5.92 Å². The van der Waals surface area contributed by atoms with Gasteiger partial charge in [-0.05, 0) is 0 Å². The summed E-state index contributed by atoms with van der Waals surface area (Å²) in [6, 6.07) is 8.16. The van der Waals surface area contributed by atoms with Gasteiger partial charge >= 0.3 is 116 Å². The zero-order valence-corrected chi connectivity index (χ0v) is 13.1. The number of methoxy groups -OCH3 is 1. The molecule has 0 unspecified atom stereocenters. The van der Waals surface area contributed by atoms with E-state index < -0.39 is 0 Å². The molecule has 0 bridgehead atoms. The van der Waals surface area contributed by atoms with Crippen molar-refractivity contribution >= 4 is 15.0 Å². The molecule has 1 heterocycles. The molecular formula is C15H22O2Se. The Morgan fingerprint density at radius 3 is 2.56 bits per heavy atom. The van der Waals surface area contributed by atoms with E-state index in [1.54, 1.807) is 7.11 Å². The third-order valence-electron chi connectivity index (χ3n) is 3.67. The maximum atomic E-state index is 6.08. The van der Waals surface area contributed by atoms with Crippen LogP contribution in [0.25, 0.3) is 0 Å². The quantitative estimate of drug-likeness (QED) is 0.774. The summed E-state index contributed by atoms with van der Waals surface area (Å²) >= 11 is 0.777. The molecule has 0 amide bonds. The van der Waals surface area contributed by atoms with E-state index in [2.05, 4.69) is 26.0 Å². The van der Waals surface area contributed by atoms with Crippen molar-refractivity contribution in [3.05, 3.63) is 29.8 Å². The van der Waals surface area contributed by atoms with Gasteiger partial charge in [0.05, 0.1) is 0 Å². The number of ether oxygens (including phenoxy) is 2. The summed E-state index contributed by atoms with van der Waals surface area (Å²) in [6.45, 7) is 5.38. The zero-order chi connectivity index (χ0) is 13.0. The molecular weight excluding hydrogens is 291 g/mol. The van der Waals surface area contributed by atoms with Crippen LogP contribution in [0.4, 0.5) is 0 Å². The Hall–Kier alpha value is -0.501. The fraction of sp³-hybridized carbons (Fsp3) is 0.600. The molecule has 3 heteroatoms. The van der Waals surface area contributed by atoms with Crippen molar-refractivity contribution in [2.24, 2.45) is 5.92 Å². The van der Waals surface area contributed by atoms with Crippen LogP contribution in [0.5, 0.6) is 5.75 Å². The van der Waals surface area contributed by atoms with Crippen molar-refractivity contribution in [2.45, 2.75) is 43.1 Å². The minimum absolute atomic E-state index is 0.469. The van der Waals surface area contributed by atoms with Gasteiger partial charge in [0.15, 0.2) is 0 Å². The fourth-order valence-electron chi connectivity index (χ4n) is 2.38. The van der Waals surface area contributed by atoms with Gasteiger partial charge in [-0.25, -0.2) is 0 Å². The summed E-state index contributed by atoms with van der Waals surface area (Å²) < 4.78 is 11.2. The summed E-state index contributed by atoms with van der Waals surface area (Å²) in [5.74, 6) is 1.63. The van der Waals surface area contributed by atoms with Crippen LogP contribution in [0.3, 0.4) is 0 Å². The topological polar surface area (TPSA) is 18.5 Å². The van der Waals surface area contributed by atoms with Gasteiger partial charge in [0.25, 0.3) is 0 Å². The predicted octanol–water partition coefficient (Wildman–Crippen LogP) is 3.55. The summed E-state index contributed by atoms with van der Waals surface area (Å²) in [7, 11) is 1.69. The van der Waals surface area contributed by atoms with Gasteiger partial charge in [-0.2, -0.15) is 0 Å². The van der Waals surface area contributed by atoms with Crippen LogP contribution >= 0.6 is 0 Å². The Kier molecular flexibility index (Phi) is 5.11. The van der Waals surface area contributed by atoms with Crippen molar-refractivity contribution < 1.29 is 9.47 Å². The average Bonchev–Trinajstić information content (AvgIpc) is 2.77. The van der Waals surface area contributed by atoms with E-state index in [1.165, 1.54) is 17.3 Å². The van der Waals surface area contributed by atoms with Crippen molar-refractivity contribution in [1.82, 2.24) is 0 Å². The Balaban J connectivity index is 1.84. The Bertz CT molecular complexity index is 363. The summed E-state index contributed by atoms with van der Waals surface area (Å²) in [5.41, 5.74) is 1.23. The zero-order valence-electron chi connectivity index (χ0n) is 11.4. The maximum absolute atomic E-state index is 6.08. The van der Waals surface area contributed by atoms with Crippen molar-refractivity contribution in [2.75, 3.05) is 7.11 Å². The molecule has 0 aromatic heterocycles. The van der Waals surface area contributed by atoms with Gasteiger partial charge in [0.1, 0.15) is 0 Å². The van der Waals surface area contributed by atoms with Crippen molar-refractivity contribution in [3.8, 4) is 5.75 Å². The second-order valence-corrected chi connectivity index (χ2v) is 7.51. The van der Waals surface area contributed by atoms with E-state index in [0.717, 1.165) is 38.0 Å². The Labute approximate surface area is 116 Å². The second-order valence-electron chi connectivity index (χ2n) is 4.84. The number of benzene rings is 1. The van der Waals surface area contributed by atoms with Crippen molar-refractivity contribution in [3.63, 3.8) is 0 Å². The molecule has 1 aliphatic rings. The molecule has 100 valence electrons. The molecule has 0 radical (unpaired) electrons. The number of hydrogen-bond acceptors (Lipinski definition) is 2. The first-order valence-electron chi connectivity index (χ1n) is 6.60. The van der Waals surface area contributed by atoms with E-state index in [-0.39, 0.29) is 0 Å². The standard InChI is InChI=1S/C15H22O2Se/c1-4-15-11(2)14(10-18-15)17-9-12-5-7-13(16-3)8-6-12/h5-8,11,14-15H,4,9-10H2,1-3H3/t11-,14+,15+/m0/s1. The van der Waals surface area contributed by atoms with Crippen LogP contribution < -0.4 is 4.74 Å². The van der Waals surface area contributed by atoms with Gasteiger partial charge in [-0.3, -0.25) is 0 Å². The van der Waals surface area contributed by atoms with E-state index in [0.29, 0.717) is 6.10 Å². The van der Waals surface area contributed by atoms with Gasteiger partial charge in [0.2, 0.25) is 0 Å². The molecule has 1 aromatic carbocycles. The molecule has 1 aliphatic heterocycles. The molecule has 0 N–H and O–H groups in total. The average molecular weight is 313 g/mol. The summed E-state index contributed by atoms with van der Waals surface area (Å²) in [6.07, 6.45) is 1.78. The normalized spacial score (nSPS) is 27.4. The Morgan fingerprint density at radius 1 is 1.28 bits per heavy atom. The van der Waals surface area contributed by atoms with Gasteiger partial charge in [-0.1, -0.05) is 0 Å². The van der Waals surface area contributed by atoms with Crippen LogP contribution in [0.1, 0.15) is 25.8 Å². The Morgan fingerprint density at radius 2 is 2.00 bits per heavy atom. The first kappa shape index (κ1) is 13.9. The molecule has 0 aliphatic carbocycles.